The lowest BCUT2D eigenvalue weighted by Gasteiger charge is -2.10. The normalized spacial score (nSPS) is 11.1. The Morgan fingerprint density at radius 1 is 1.30 bits per heavy atom. The Hall–Kier alpha value is -3.40. The first-order valence-corrected chi connectivity index (χ1v) is 9.87. The van der Waals surface area contributed by atoms with E-state index in [0.29, 0.717) is 37.4 Å². The number of H-pyrrole nitrogens is 1. The molecule has 0 spiro atoms. The van der Waals surface area contributed by atoms with Gasteiger partial charge >= 0.3 is 17.7 Å². The van der Waals surface area contributed by atoms with Gasteiger partial charge in [0.15, 0.2) is 11.5 Å². The largest absolute Gasteiger partial charge is 0.481 e. The first kappa shape index (κ1) is 21.3. The third kappa shape index (κ3) is 5.15. The van der Waals surface area contributed by atoms with Crippen LogP contribution in [0.1, 0.15) is 30.9 Å². The molecule has 2 aromatic heterocycles. The number of anilines is 1. The Bertz CT molecular complexity index is 1070. The number of aromatic nitrogens is 4. The Morgan fingerprint density at radius 3 is 2.80 bits per heavy atom. The number of aromatic amines is 1. The van der Waals surface area contributed by atoms with E-state index in [0.717, 1.165) is 24.0 Å². The Labute approximate surface area is 173 Å². The third-order valence-electron chi connectivity index (χ3n) is 4.65. The van der Waals surface area contributed by atoms with E-state index in [2.05, 4.69) is 27.2 Å². The van der Waals surface area contributed by atoms with Crippen molar-refractivity contribution in [3.63, 3.8) is 0 Å². The number of nitrogens with one attached hydrogen (secondary N) is 2. The highest BCUT2D eigenvalue weighted by molar-refractivity contribution is 5.81. The van der Waals surface area contributed by atoms with E-state index in [1.807, 2.05) is 18.2 Å². The quantitative estimate of drug-likeness (QED) is 0.343. The molecule has 0 saturated heterocycles. The van der Waals surface area contributed by atoms with Crippen molar-refractivity contribution in [2.24, 2.45) is 0 Å². The van der Waals surface area contributed by atoms with Crippen molar-refractivity contribution < 1.29 is 14.6 Å². The number of rotatable bonds is 11. The number of nitrogen functional groups attached to an aromatic ring is 1. The molecular formula is C20H26N6O4. The van der Waals surface area contributed by atoms with Gasteiger partial charge in [-0.2, -0.15) is 9.97 Å². The summed E-state index contributed by atoms with van der Waals surface area (Å²) >= 11 is 0. The fourth-order valence-electron chi connectivity index (χ4n) is 3.09. The van der Waals surface area contributed by atoms with E-state index < -0.39 is 5.97 Å². The molecule has 160 valence electrons. The van der Waals surface area contributed by atoms with Crippen LogP contribution < -0.4 is 21.5 Å². The second kappa shape index (κ2) is 9.88. The smallest absolute Gasteiger partial charge is 0.327 e. The summed E-state index contributed by atoms with van der Waals surface area (Å²) in [5.41, 5.74) is 8.07. The number of hydrogen-bond acceptors (Lipinski definition) is 7. The zero-order valence-electron chi connectivity index (χ0n) is 16.9. The van der Waals surface area contributed by atoms with Crippen molar-refractivity contribution in [2.75, 3.05) is 18.9 Å². The van der Waals surface area contributed by atoms with Crippen molar-refractivity contribution >= 4 is 23.0 Å². The lowest BCUT2D eigenvalue weighted by Crippen LogP contribution is -2.26. The van der Waals surface area contributed by atoms with Gasteiger partial charge in [-0.05, 0) is 17.5 Å². The van der Waals surface area contributed by atoms with Gasteiger partial charge in [0.2, 0.25) is 0 Å². The fraction of sp³-hybridized carbons (Fsp3) is 0.400. The number of imidazole rings is 1. The molecule has 10 nitrogen and oxygen atoms in total. The van der Waals surface area contributed by atoms with Crippen LogP contribution in [0.25, 0.3) is 11.2 Å². The van der Waals surface area contributed by atoms with E-state index in [9.17, 15) is 9.59 Å². The molecule has 0 bridgehead atoms. The Morgan fingerprint density at radius 2 is 2.07 bits per heavy atom. The van der Waals surface area contributed by atoms with Crippen LogP contribution in [0.3, 0.4) is 0 Å². The molecule has 0 saturated carbocycles. The van der Waals surface area contributed by atoms with Crippen LogP contribution in [0.4, 0.5) is 5.82 Å². The van der Waals surface area contributed by atoms with Gasteiger partial charge < -0.3 is 25.9 Å². The van der Waals surface area contributed by atoms with E-state index >= 15 is 0 Å². The lowest BCUT2D eigenvalue weighted by molar-refractivity contribution is -0.136. The van der Waals surface area contributed by atoms with Crippen LogP contribution in [-0.2, 0) is 24.3 Å². The number of aliphatic carboxylic acids is 1. The standard InChI is InChI=1S/C20H26N6O4/c1-2-3-10-30-19-24-17(21)16-18(25-19)26(20(29)23-16)9-8-22-12-14-7-5-4-6-13(14)11-15(27)28/h4-7,22H,2-3,8-12H2,1H3,(H,23,29)(H,27,28)(H2,21,24,25). The highest BCUT2D eigenvalue weighted by Crippen LogP contribution is 2.17. The summed E-state index contributed by atoms with van der Waals surface area (Å²) in [6.07, 6.45) is 1.82. The van der Waals surface area contributed by atoms with Crippen LogP contribution in [0.5, 0.6) is 6.01 Å². The number of unbranched alkanes of at least 4 members (excludes halogenated alkanes) is 1. The number of nitrogens with two attached hydrogens (primary N) is 1. The maximum absolute atomic E-state index is 12.4. The average Bonchev–Trinajstić information content (AvgIpc) is 3.02. The number of benzene rings is 1. The lowest BCUT2D eigenvalue weighted by atomic mass is 10.0. The molecule has 3 aromatic rings. The summed E-state index contributed by atoms with van der Waals surface area (Å²) < 4.78 is 7.02. The first-order valence-electron chi connectivity index (χ1n) is 9.87. The van der Waals surface area contributed by atoms with E-state index in [-0.39, 0.29) is 23.9 Å². The molecule has 0 fully saturated rings. The van der Waals surface area contributed by atoms with Crippen molar-refractivity contribution in [1.82, 2.24) is 24.8 Å². The minimum atomic E-state index is -0.873. The zero-order chi connectivity index (χ0) is 21.5. The van der Waals surface area contributed by atoms with Crippen molar-refractivity contribution in [1.29, 1.82) is 0 Å². The van der Waals surface area contributed by atoms with Gasteiger partial charge in [-0.1, -0.05) is 37.6 Å². The topological polar surface area (TPSA) is 148 Å². The minimum absolute atomic E-state index is 0.0310. The first-order chi connectivity index (χ1) is 14.5. The number of nitrogens with zero attached hydrogens (tertiary/aromatic N) is 3. The molecule has 10 heteroatoms. The summed E-state index contributed by atoms with van der Waals surface area (Å²) in [5, 5.41) is 12.3. The molecule has 0 aliphatic carbocycles. The van der Waals surface area contributed by atoms with Crippen molar-refractivity contribution in [3.8, 4) is 6.01 Å². The maximum Gasteiger partial charge on any atom is 0.327 e. The molecule has 1 aromatic carbocycles. The summed E-state index contributed by atoms with van der Waals surface area (Å²) in [6.45, 7) is 3.85. The van der Waals surface area contributed by atoms with E-state index in [1.165, 1.54) is 4.57 Å². The van der Waals surface area contributed by atoms with Crippen LogP contribution in [0, 0.1) is 0 Å². The Kier molecular flexibility index (Phi) is 7.02. The number of carbonyl (C=O) groups is 1. The maximum atomic E-state index is 12.4. The highest BCUT2D eigenvalue weighted by Gasteiger charge is 2.14. The van der Waals surface area contributed by atoms with Gasteiger partial charge in [0.05, 0.1) is 13.0 Å². The van der Waals surface area contributed by atoms with Crippen molar-refractivity contribution in [2.45, 2.75) is 39.3 Å². The van der Waals surface area contributed by atoms with Crippen LogP contribution in [0.15, 0.2) is 29.1 Å². The molecule has 2 heterocycles. The molecule has 0 unspecified atom stereocenters. The minimum Gasteiger partial charge on any atom is -0.481 e. The number of fused-ring (bicyclic) bond motifs is 1. The molecule has 30 heavy (non-hydrogen) atoms. The molecule has 5 N–H and O–H groups in total. The molecule has 0 atom stereocenters. The molecule has 0 amide bonds. The van der Waals surface area contributed by atoms with Crippen LogP contribution in [-0.4, -0.2) is 43.7 Å². The third-order valence-corrected chi connectivity index (χ3v) is 4.65. The number of carboxylic acids is 1. The molecule has 0 aliphatic heterocycles. The van der Waals surface area contributed by atoms with Gasteiger partial charge in [-0.15, -0.1) is 0 Å². The molecular weight excluding hydrogens is 388 g/mol. The highest BCUT2D eigenvalue weighted by atomic mass is 16.5. The van der Waals surface area contributed by atoms with Crippen LogP contribution >= 0.6 is 0 Å². The second-order valence-electron chi connectivity index (χ2n) is 6.89. The monoisotopic (exact) mass is 414 g/mol. The second-order valence-corrected chi connectivity index (χ2v) is 6.89. The van der Waals surface area contributed by atoms with Gasteiger partial charge in [0.25, 0.3) is 0 Å². The number of ether oxygens (including phenoxy) is 1. The SMILES string of the molecule is CCCCOc1nc(N)c2[nH]c(=O)n(CCNCc3ccccc3CC(=O)O)c2n1. The molecule has 3 rings (SSSR count). The summed E-state index contributed by atoms with van der Waals surface area (Å²) in [7, 11) is 0. The van der Waals surface area contributed by atoms with Gasteiger partial charge in [0, 0.05) is 19.6 Å². The predicted octanol–water partition coefficient (Wildman–Crippen LogP) is 1.30. The number of carboxylic acid groups (broad SMARTS) is 1. The number of hydrogen-bond donors (Lipinski definition) is 4. The van der Waals surface area contributed by atoms with E-state index in [4.69, 9.17) is 15.6 Å². The van der Waals surface area contributed by atoms with Gasteiger partial charge in [-0.25, -0.2) is 4.79 Å². The van der Waals surface area contributed by atoms with Crippen molar-refractivity contribution in [3.05, 3.63) is 45.9 Å². The van der Waals surface area contributed by atoms with Crippen LogP contribution in [0.2, 0.25) is 0 Å². The molecule has 0 aliphatic rings. The summed E-state index contributed by atoms with van der Waals surface area (Å²) in [6, 6.07) is 7.52. The fourth-order valence-corrected chi connectivity index (χ4v) is 3.09. The van der Waals surface area contributed by atoms with E-state index in [1.54, 1.807) is 6.07 Å². The summed E-state index contributed by atoms with van der Waals surface area (Å²) in [5.74, 6) is -0.708. The average molecular weight is 414 g/mol. The zero-order valence-corrected chi connectivity index (χ0v) is 16.9. The molecule has 0 radical (unpaired) electrons. The van der Waals surface area contributed by atoms with Gasteiger partial charge in [0.1, 0.15) is 5.52 Å². The predicted molar refractivity (Wildman–Crippen MR) is 112 cm³/mol. The van der Waals surface area contributed by atoms with Gasteiger partial charge in [-0.3, -0.25) is 9.36 Å². The Balaban J connectivity index is 1.68. The summed E-state index contributed by atoms with van der Waals surface area (Å²) in [4.78, 5) is 34.5.